The first kappa shape index (κ1) is 11.7. The highest BCUT2D eigenvalue weighted by Crippen LogP contribution is 2.05. The molecule has 0 bridgehead atoms. The molecule has 0 aliphatic rings. The lowest BCUT2D eigenvalue weighted by Gasteiger charge is -2.15. The molecule has 4 nitrogen and oxygen atoms in total. The average Bonchev–Trinajstić information content (AvgIpc) is 2.48. The highest BCUT2D eigenvalue weighted by atomic mass is 79.9. The van der Waals surface area contributed by atoms with Crippen LogP contribution in [0.15, 0.2) is 6.20 Å². The molecule has 1 heterocycles. The normalized spacial score (nSPS) is 13.5. The third-order valence-electron chi connectivity index (χ3n) is 1.99. The van der Waals surface area contributed by atoms with E-state index in [0.29, 0.717) is 4.83 Å². The van der Waals surface area contributed by atoms with Crippen molar-refractivity contribution >= 4 is 15.9 Å². The maximum atomic E-state index is 4.04. The number of aromatic nitrogens is 3. The van der Waals surface area contributed by atoms with Crippen LogP contribution in [0.1, 0.15) is 19.0 Å². The van der Waals surface area contributed by atoms with Gasteiger partial charge in [-0.1, -0.05) is 28.1 Å². The van der Waals surface area contributed by atoms with Gasteiger partial charge in [-0.15, -0.1) is 5.10 Å². The number of nitrogens with zero attached hydrogens (tertiary/aromatic N) is 4. The second kappa shape index (κ2) is 5.46. The molecule has 0 radical (unpaired) electrons. The van der Waals surface area contributed by atoms with Crippen LogP contribution < -0.4 is 0 Å². The number of aryl methyl sites for hydroxylation is 1. The summed E-state index contributed by atoms with van der Waals surface area (Å²) in [5, 5.41) is 7.94. The molecule has 1 atom stereocenters. The molecular formula is C9H17BrN4. The summed E-state index contributed by atoms with van der Waals surface area (Å²) >= 11 is 3.53. The molecule has 1 unspecified atom stereocenters. The monoisotopic (exact) mass is 260 g/mol. The molecular weight excluding hydrogens is 244 g/mol. The Kier molecular flexibility index (Phi) is 4.54. The van der Waals surface area contributed by atoms with Crippen molar-refractivity contribution in [1.29, 1.82) is 0 Å². The van der Waals surface area contributed by atoms with Gasteiger partial charge in [0.15, 0.2) is 0 Å². The Labute approximate surface area is 93.4 Å². The number of hydrogen-bond acceptors (Lipinski definition) is 3. The second-order valence-electron chi connectivity index (χ2n) is 3.69. The van der Waals surface area contributed by atoms with Crippen LogP contribution >= 0.6 is 15.9 Å². The fourth-order valence-electron chi connectivity index (χ4n) is 1.22. The summed E-state index contributed by atoms with van der Waals surface area (Å²) < 4.78 is 1.73. The van der Waals surface area contributed by atoms with Crippen LogP contribution in [0.5, 0.6) is 0 Å². The fraction of sp³-hybridized carbons (Fsp3) is 0.778. The Bertz CT molecular complexity index is 272. The van der Waals surface area contributed by atoms with Crippen molar-refractivity contribution < 1.29 is 0 Å². The van der Waals surface area contributed by atoms with E-state index in [9.17, 15) is 0 Å². The van der Waals surface area contributed by atoms with Crippen LogP contribution in [-0.4, -0.2) is 38.3 Å². The van der Waals surface area contributed by atoms with Gasteiger partial charge < -0.3 is 4.90 Å². The summed E-state index contributed by atoms with van der Waals surface area (Å²) in [6, 6.07) is 0. The van der Waals surface area contributed by atoms with Gasteiger partial charge in [0.25, 0.3) is 0 Å². The lowest BCUT2D eigenvalue weighted by Crippen LogP contribution is -2.21. The van der Waals surface area contributed by atoms with Gasteiger partial charge in [0, 0.05) is 24.6 Å². The molecule has 0 spiro atoms. The summed E-state index contributed by atoms with van der Waals surface area (Å²) in [4.78, 5) is 2.83. The van der Waals surface area contributed by atoms with Gasteiger partial charge in [-0.2, -0.15) is 0 Å². The first-order valence-corrected chi connectivity index (χ1v) is 5.67. The quantitative estimate of drug-likeness (QED) is 0.752. The molecule has 1 aromatic rings. The summed E-state index contributed by atoms with van der Waals surface area (Å²) in [6.07, 6.45) is 3.10. The molecule has 0 fully saturated rings. The van der Waals surface area contributed by atoms with Gasteiger partial charge >= 0.3 is 0 Å². The maximum absolute atomic E-state index is 4.04. The number of halogens is 1. The average molecular weight is 261 g/mol. The van der Waals surface area contributed by atoms with E-state index in [-0.39, 0.29) is 0 Å². The molecule has 14 heavy (non-hydrogen) atoms. The first-order chi connectivity index (χ1) is 6.58. The SMILES string of the molecule is CC(Br)CCN(C)Cc1cn(C)nn1. The summed E-state index contributed by atoms with van der Waals surface area (Å²) in [5.41, 5.74) is 1.03. The minimum absolute atomic E-state index is 0.576. The lowest BCUT2D eigenvalue weighted by molar-refractivity contribution is 0.319. The highest BCUT2D eigenvalue weighted by molar-refractivity contribution is 9.09. The van der Waals surface area contributed by atoms with Crippen molar-refractivity contribution in [3.05, 3.63) is 11.9 Å². The summed E-state index contributed by atoms with van der Waals surface area (Å²) in [5.74, 6) is 0. The van der Waals surface area contributed by atoms with Crippen molar-refractivity contribution in [1.82, 2.24) is 19.9 Å². The van der Waals surface area contributed by atoms with Crippen LogP contribution in [0.4, 0.5) is 0 Å². The largest absolute Gasteiger partial charge is 0.300 e. The molecule has 0 saturated heterocycles. The van der Waals surface area contributed by atoms with Crippen LogP contribution in [0.2, 0.25) is 0 Å². The highest BCUT2D eigenvalue weighted by Gasteiger charge is 2.04. The Morgan fingerprint density at radius 1 is 1.64 bits per heavy atom. The van der Waals surface area contributed by atoms with E-state index < -0.39 is 0 Å². The topological polar surface area (TPSA) is 34.0 Å². The van der Waals surface area contributed by atoms with Gasteiger partial charge in [0.2, 0.25) is 0 Å². The molecule has 80 valence electrons. The molecule has 1 rings (SSSR count). The van der Waals surface area contributed by atoms with Crippen molar-refractivity contribution in [2.75, 3.05) is 13.6 Å². The maximum Gasteiger partial charge on any atom is 0.0966 e. The number of alkyl halides is 1. The molecule has 0 N–H and O–H groups in total. The van der Waals surface area contributed by atoms with Crippen LogP contribution in [-0.2, 0) is 13.6 Å². The first-order valence-electron chi connectivity index (χ1n) is 4.75. The Hall–Kier alpha value is -0.420. The zero-order chi connectivity index (χ0) is 10.6. The standard InChI is InChI=1S/C9H17BrN4/c1-8(10)4-5-13(2)6-9-7-14(3)12-11-9/h7-8H,4-6H2,1-3H3. The van der Waals surface area contributed by atoms with Gasteiger partial charge in [0.05, 0.1) is 5.69 Å². The predicted octanol–water partition coefficient (Wildman–Crippen LogP) is 1.42. The van der Waals surface area contributed by atoms with Gasteiger partial charge in [-0.05, 0) is 20.0 Å². The Morgan fingerprint density at radius 2 is 2.36 bits per heavy atom. The summed E-state index contributed by atoms with van der Waals surface area (Å²) in [6.45, 7) is 4.10. The molecule has 5 heteroatoms. The van der Waals surface area contributed by atoms with E-state index in [1.165, 1.54) is 0 Å². The van der Waals surface area contributed by atoms with Crippen molar-refractivity contribution in [2.45, 2.75) is 24.7 Å². The predicted molar refractivity (Wildman–Crippen MR) is 60.3 cm³/mol. The van der Waals surface area contributed by atoms with Crippen LogP contribution in [0, 0.1) is 0 Å². The molecule has 0 aliphatic heterocycles. The molecule has 1 aromatic heterocycles. The number of rotatable bonds is 5. The van der Waals surface area contributed by atoms with Crippen LogP contribution in [0.25, 0.3) is 0 Å². The third-order valence-corrected chi connectivity index (χ3v) is 2.45. The smallest absolute Gasteiger partial charge is 0.0966 e. The van der Waals surface area contributed by atoms with Crippen molar-refractivity contribution in [3.8, 4) is 0 Å². The van der Waals surface area contributed by atoms with E-state index in [0.717, 1.165) is 25.2 Å². The lowest BCUT2D eigenvalue weighted by atomic mass is 10.3. The third kappa shape index (κ3) is 4.19. The molecule has 0 saturated carbocycles. The van der Waals surface area contributed by atoms with E-state index in [4.69, 9.17) is 0 Å². The van der Waals surface area contributed by atoms with E-state index >= 15 is 0 Å². The van der Waals surface area contributed by atoms with Gasteiger partial charge in [0.1, 0.15) is 0 Å². The minimum atomic E-state index is 0.576. The number of hydrogen-bond donors (Lipinski definition) is 0. The zero-order valence-electron chi connectivity index (χ0n) is 8.94. The van der Waals surface area contributed by atoms with Gasteiger partial charge in [-0.3, -0.25) is 4.68 Å². The fourth-order valence-corrected chi connectivity index (χ4v) is 1.43. The molecule has 0 amide bonds. The van der Waals surface area contributed by atoms with Crippen molar-refractivity contribution in [3.63, 3.8) is 0 Å². The van der Waals surface area contributed by atoms with E-state index in [1.807, 2.05) is 13.2 Å². The Balaban J connectivity index is 2.30. The van der Waals surface area contributed by atoms with Crippen LogP contribution in [0.3, 0.4) is 0 Å². The minimum Gasteiger partial charge on any atom is -0.300 e. The van der Waals surface area contributed by atoms with Gasteiger partial charge in [-0.25, -0.2) is 0 Å². The summed E-state index contributed by atoms with van der Waals surface area (Å²) in [7, 11) is 3.99. The Morgan fingerprint density at radius 3 is 2.86 bits per heavy atom. The molecule has 0 aromatic carbocycles. The van der Waals surface area contributed by atoms with E-state index in [2.05, 4.69) is 45.1 Å². The van der Waals surface area contributed by atoms with E-state index in [1.54, 1.807) is 4.68 Å². The van der Waals surface area contributed by atoms with Crippen molar-refractivity contribution in [2.24, 2.45) is 7.05 Å². The molecule has 0 aliphatic carbocycles. The zero-order valence-corrected chi connectivity index (χ0v) is 10.5. The second-order valence-corrected chi connectivity index (χ2v) is 5.25.